The van der Waals surface area contributed by atoms with Gasteiger partial charge in [-0.15, -0.1) is 0 Å². The lowest BCUT2D eigenvalue weighted by molar-refractivity contribution is 0.285. The van der Waals surface area contributed by atoms with Crippen LogP contribution in [0.25, 0.3) is 0 Å². The maximum Gasteiger partial charge on any atom is -0.00149 e. The topological polar surface area (TPSA) is 0 Å². The molecule has 3 aliphatic rings. The van der Waals surface area contributed by atoms with Crippen LogP contribution in [0.2, 0.25) is 0 Å². The second kappa shape index (κ2) is 4.51. The Kier molecular flexibility index (Phi) is 3.08. The molecular formula is C19H26. The van der Waals surface area contributed by atoms with Crippen molar-refractivity contribution in [3.05, 3.63) is 46.6 Å². The zero-order chi connectivity index (χ0) is 13.6. The van der Waals surface area contributed by atoms with E-state index in [0.717, 1.165) is 11.8 Å². The van der Waals surface area contributed by atoms with Crippen molar-refractivity contribution in [2.24, 2.45) is 17.3 Å². The molecule has 0 aromatic heterocycles. The normalized spacial score (nSPS) is 32.4. The molecule has 0 heteroatoms. The van der Waals surface area contributed by atoms with Crippen LogP contribution in [-0.4, -0.2) is 0 Å². The van der Waals surface area contributed by atoms with E-state index in [-0.39, 0.29) is 0 Å². The summed E-state index contributed by atoms with van der Waals surface area (Å²) in [6.07, 6.45) is 14.9. The van der Waals surface area contributed by atoms with E-state index in [0.29, 0.717) is 5.41 Å². The molecule has 0 radical (unpaired) electrons. The quantitative estimate of drug-likeness (QED) is 0.615. The first kappa shape index (κ1) is 13.0. The highest BCUT2D eigenvalue weighted by Crippen LogP contribution is 2.56. The summed E-state index contributed by atoms with van der Waals surface area (Å²) in [5.74, 6) is 1.52. The second-order valence-electron chi connectivity index (χ2n) is 6.90. The summed E-state index contributed by atoms with van der Waals surface area (Å²) in [6, 6.07) is 0. The van der Waals surface area contributed by atoms with Crippen molar-refractivity contribution in [1.82, 2.24) is 0 Å². The average molecular weight is 254 g/mol. The van der Waals surface area contributed by atoms with Gasteiger partial charge in [0.2, 0.25) is 0 Å². The zero-order valence-electron chi connectivity index (χ0n) is 12.8. The zero-order valence-corrected chi connectivity index (χ0v) is 12.8. The molecule has 3 aliphatic carbocycles. The van der Waals surface area contributed by atoms with Crippen LogP contribution in [0, 0.1) is 17.3 Å². The first-order chi connectivity index (χ1) is 9.06. The standard InChI is InChI=1S/C19H26/c1-5-19(4,15-8-6-7-13(2)9-10-15)16-11-17-14(3)18(17)12-16/h6,8,10-11,13,16H,5,7,9,12H2,1-4H3. The molecule has 0 nitrogen and oxygen atoms in total. The predicted octanol–water partition coefficient (Wildman–Crippen LogP) is 5.59. The van der Waals surface area contributed by atoms with Gasteiger partial charge in [0.25, 0.3) is 0 Å². The summed E-state index contributed by atoms with van der Waals surface area (Å²) in [6.45, 7) is 9.45. The molecule has 19 heavy (non-hydrogen) atoms. The van der Waals surface area contributed by atoms with Gasteiger partial charge in [-0.25, -0.2) is 0 Å². The molecule has 0 N–H and O–H groups in total. The van der Waals surface area contributed by atoms with Crippen LogP contribution in [0.1, 0.15) is 53.4 Å². The van der Waals surface area contributed by atoms with Crippen LogP contribution in [0.4, 0.5) is 0 Å². The summed E-state index contributed by atoms with van der Waals surface area (Å²) >= 11 is 0. The van der Waals surface area contributed by atoms with E-state index in [1.165, 1.54) is 25.7 Å². The van der Waals surface area contributed by atoms with Gasteiger partial charge in [-0.1, -0.05) is 45.1 Å². The molecule has 0 saturated heterocycles. The lowest BCUT2D eigenvalue weighted by Gasteiger charge is -2.36. The minimum Gasteiger partial charge on any atom is -0.0840 e. The average Bonchev–Trinajstić information content (AvgIpc) is 2.85. The Hall–Kier alpha value is -1.04. The summed E-state index contributed by atoms with van der Waals surface area (Å²) in [5, 5.41) is 0. The molecule has 0 bridgehead atoms. The van der Waals surface area contributed by atoms with Gasteiger partial charge < -0.3 is 0 Å². The number of rotatable bonds is 3. The first-order valence-electron chi connectivity index (χ1n) is 7.85. The Labute approximate surface area is 118 Å². The van der Waals surface area contributed by atoms with E-state index in [9.17, 15) is 0 Å². The van der Waals surface area contributed by atoms with Crippen LogP contribution >= 0.6 is 0 Å². The number of allylic oxidation sites excluding steroid dienone is 8. The van der Waals surface area contributed by atoms with Crippen LogP contribution in [0.5, 0.6) is 0 Å². The summed E-state index contributed by atoms with van der Waals surface area (Å²) in [4.78, 5) is 0. The van der Waals surface area contributed by atoms with Crippen molar-refractivity contribution in [3.8, 4) is 0 Å². The molecule has 3 rings (SSSR count). The summed E-state index contributed by atoms with van der Waals surface area (Å²) in [5.41, 5.74) is 6.75. The van der Waals surface area contributed by atoms with Crippen molar-refractivity contribution in [3.63, 3.8) is 0 Å². The molecule has 102 valence electrons. The molecular weight excluding hydrogens is 228 g/mol. The molecule has 0 saturated carbocycles. The molecule has 0 heterocycles. The second-order valence-corrected chi connectivity index (χ2v) is 6.90. The van der Waals surface area contributed by atoms with Crippen LogP contribution in [0.15, 0.2) is 46.6 Å². The smallest absolute Gasteiger partial charge is 0.00149 e. The van der Waals surface area contributed by atoms with E-state index in [1.807, 2.05) is 0 Å². The third-order valence-corrected chi connectivity index (χ3v) is 5.70. The highest BCUT2D eigenvalue weighted by Gasteiger charge is 2.43. The fourth-order valence-corrected chi connectivity index (χ4v) is 3.76. The molecule has 0 aliphatic heterocycles. The Morgan fingerprint density at radius 2 is 2.11 bits per heavy atom. The molecule has 3 atom stereocenters. The van der Waals surface area contributed by atoms with Crippen molar-refractivity contribution >= 4 is 0 Å². The molecule has 0 fully saturated rings. The van der Waals surface area contributed by atoms with Crippen molar-refractivity contribution in [2.75, 3.05) is 0 Å². The summed E-state index contributed by atoms with van der Waals surface area (Å²) in [7, 11) is 0. The largest absolute Gasteiger partial charge is 0.0840 e. The first-order valence-corrected chi connectivity index (χ1v) is 7.85. The van der Waals surface area contributed by atoms with Gasteiger partial charge in [0.15, 0.2) is 0 Å². The predicted molar refractivity (Wildman–Crippen MR) is 82.9 cm³/mol. The Bertz CT molecular complexity index is 512. The SMILES string of the molecule is CCC(C)(C1=CCC(C)CC=C1)C1C=C2C(C)=C2C1. The minimum absolute atomic E-state index is 0.328. The van der Waals surface area contributed by atoms with Gasteiger partial charge in [-0.3, -0.25) is 0 Å². The van der Waals surface area contributed by atoms with Gasteiger partial charge in [-0.2, -0.15) is 0 Å². The third-order valence-electron chi connectivity index (χ3n) is 5.70. The van der Waals surface area contributed by atoms with E-state index < -0.39 is 0 Å². The highest BCUT2D eigenvalue weighted by atomic mass is 14.5. The van der Waals surface area contributed by atoms with Gasteiger partial charge in [0, 0.05) is 0 Å². The van der Waals surface area contributed by atoms with Gasteiger partial charge in [0.1, 0.15) is 0 Å². The molecule has 0 amide bonds. The Morgan fingerprint density at radius 3 is 2.74 bits per heavy atom. The summed E-state index contributed by atoms with van der Waals surface area (Å²) < 4.78 is 0. The number of hydrogen-bond acceptors (Lipinski definition) is 0. The number of fused-ring (bicyclic) bond motifs is 1. The van der Waals surface area contributed by atoms with Gasteiger partial charge in [0.05, 0.1) is 0 Å². The monoisotopic (exact) mass is 254 g/mol. The van der Waals surface area contributed by atoms with E-state index in [2.05, 4.69) is 52.0 Å². The molecule has 0 spiro atoms. The maximum atomic E-state index is 2.55. The van der Waals surface area contributed by atoms with Gasteiger partial charge in [-0.05, 0) is 72.2 Å². The lowest BCUT2D eigenvalue weighted by Crippen LogP contribution is -2.26. The molecule has 3 unspecified atom stereocenters. The highest BCUT2D eigenvalue weighted by molar-refractivity contribution is 5.69. The lowest BCUT2D eigenvalue weighted by atomic mass is 9.68. The Balaban J connectivity index is 1.85. The fraction of sp³-hybridized carbons (Fsp3) is 0.579. The molecule has 0 aromatic carbocycles. The Morgan fingerprint density at radius 1 is 1.32 bits per heavy atom. The molecule has 0 aromatic rings. The maximum absolute atomic E-state index is 2.55. The van der Waals surface area contributed by atoms with Crippen LogP contribution in [-0.2, 0) is 0 Å². The van der Waals surface area contributed by atoms with Crippen molar-refractivity contribution < 1.29 is 0 Å². The van der Waals surface area contributed by atoms with Crippen LogP contribution < -0.4 is 0 Å². The van der Waals surface area contributed by atoms with Crippen molar-refractivity contribution in [1.29, 1.82) is 0 Å². The third kappa shape index (κ3) is 2.06. The van der Waals surface area contributed by atoms with E-state index >= 15 is 0 Å². The fourth-order valence-electron chi connectivity index (χ4n) is 3.76. The minimum atomic E-state index is 0.328. The van der Waals surface area contributed by atoms with Gasteiger partial charge >= 0.3 is 0 Å². The van der Waals surface area contributed by atoms with E-state index in [4.69, 9.17) is 0 Å². The van der Waals surface area contributed by atoms with Crippen molar-refractivity contribution in [2.45, 2.75) is 53.4 Å². The number of hydrogen-bond donors (Lipinski definition) is 0. The van der Waals surface area contributed by atoms with Crippen LogP contribution in [0.3, 0.4) is 0 Å². The van der Waals surface area contributed by atoms with E-state index in [1.54, 1.807) is 22.3 Å².